The number of hydrogen-bond donors (Lipinski definition) is 5. The number of hydrogen-bond acceptors (Lipinski definition) is 13. The van der Waals surface area contributed by atoms with Crippen molar-refractivity contribution in [2.45, 2.75) is 64.1 Å². The Morgan fingerprint density at radius 3 is 1.69 bits per heavy atom. The largest absolute Gasteiger partial charge is 0.444 e. The zero-order chi connectivity index (χ0) is 36.7. The average Bonchev–Trinajstić information content (AvgIpc) is 3.64. The number of nitrogens with one attached hydrogen (secondary N) is 3. The molecule has 0 atom stereocenters. The molecule has 7 N–H and O–H groups in total. The molecule has 1 amide bonds. The summed E-state index contributed by atoms with van der Waals surface area (Å²) in [6, 6.07) is 11.5. The number of amides is 1. The smallest absolute Gasteiger partial charge is 0.410 e. The lowest BCUT2D eigenvalue weighted by molar-refractivity contribution is 0.0210. The summed E-state index contributed by atoms with van der Waals surface area (Å²) in [5.41, 5.74) is 11.8. The van der Waals surface area contributed by atoms with Crippen molar-refractivity contribution in [1.29, 1.82) is 0 Å². The van der Waals surface area contributed by atoms with Crippen LogP contribution in [0.1, 0.15) is 76.9 Å². The molecular formula is C35H42F2N8O4S2. The third kappa shape index (κ3) is 10.4. The number of carbonyl (C=O) groups is 3. The molecule has 0 unspecified atom stereocenters. The number of rotatable bonds is 8. The van der Waals surface area contributed by atoms with Gasteiger partial charge in [0.2, 0.25) is 11.6 Å². The number of nitrogen functional groups attached to an aromatic ring is 2. The van der Waals surface area contributed by atoms with Crippen LogP contribution in [0, 0.1) is 11.6 Å². The van der Waals surface area contributed by atoms with E-state index < -0.39 is 17.2 Å². The molecule has 0 bridgehead atoms. The van der Waals surface area contributed by atoms with Gasteiger partial charge in [0, 0.05) is 36.3 Å². The first-order chi connectivity index (χ1) is 24.3. The van der Waals surface area contributed by atoms with Crippen LogP contribution in [0.5, 0.6) is 0 Å². The van der Waals surface area contributed by atoms with E-state index in [2.05, 4.69) is 25.9 Å². The van der Waals surface area contributed by atoms with Gasteiger partial charge >= 0.3 is 6.09 Å². The number of ether oxygens (including phenoxy) is 1. The van der Waals surface area contributed by atoms with E-state index in [-0.39, 0.29) is 51.3 Å². The van der Waals surface area contributed by atoms with Crippen molar-refractivity contribution < 1.29 is 27.9 Å². The summed E-state index contributed by atoms with van der Waals surface area (Å²) in [6.07, 6.45) is 3.16. The minimum atomic E-state index is -0.519. The van der Waals surface area contributed by atoms with Gasteiger partial charge in [-0.3, -0.25) is 9.59 Å². The summed E-state index contributed by atoms with van der Waals surface area (Å²) < 4.78 is 32.0. The maximum atomic E-state index is 13.4. The number of carbonyl (C=O) groups excluding carboxylic acids is 3. The maximum absolute atomic E-state index is 13.4. The maximum Gasteiger partial charge on any atom is 0.410 e. The zero-order valence-electron chi connectivity index (χ0n) is 28.6. The van der Waals surface area contributed by atoms with Crippen molar-refractivity contribution >= 4 is 62.2 Å². The van der Waals surface area contributed by atoms with Gasteiger partial charge in [-0.05, 0) is 83.8 Å². The normalized spacial score (nSPS) is 15.4. The van der Waals surface area contributed by atoms with Crippen molar-refractivity contribution in [3.63, 3.8) is 0 Å². The van der Waals surface area contributed by atoms with Crippen LogP contribution in [0.2, 0.25) is 0 Å². The fourth-order valence-electron chi connectivity index (χ4n) is 5.48. The van der Waals surface area contributed by atoms with Crippen molar-refractivity contribution in [1.82, 2.24) is 20.2 Å². The predicted octanol–water partition coefficient (Wildman–Crippen LogP) is 6.17. The van der Waals surface area contributed by atoms with Crippen LogP contribution in [0.25, 0.3) is 0 Å². The predicted molar refractivity (Wildman–Crippen MR) is 197 cm³/mol. The molecule has 4 heterocycles. The van der Waals surface area contributed by atoms with Gasteiger partial charge < -0.3 is 37.1 Å². The van der Waals surface area contributed by atoms with Crippen molar-refractivity contribution in [3.8, 4) is 0 Å². The number of anilines is 4. The van der Waals surface area contributed by atoms with Gasteiger partial charge in [-0.15, -0.1) is 0 Å². The van der Waals surface area contributed by atoms with Gasteiger partial charge in [0.15, 0.2) is 10.3 Å². The van der Waals surface area contributed by atoms with E-state index in [0.717, 1.165) is 50.1 Å². The Morgan fingerprint density at radius 2 is 1.25 bits per heavy atom. The Kier molecular flexibility index (Phi) is 12.2. The first kappa shape index (κ1) is 37.6. The number of thiazole rings is 2. The molecule has 0 radical (unpaired) electrons. The number of likely N-dealkylation sites (tertiary alicyclic amines) is 1. The molecule has 2 fully saturated rings. The molecule has 0 spiro atoms. The molecule has 6 rings (SSSR count). The van der Waals surface area contributed by atoms with E-state index >= 15 is 0 Å². The molecule has 0 aliphatic carbocycles. The Bertz CT molecular complexity index is 1850. The molecule has 2 aromatic heterocycles. The zero-order valence-corrected chi connectivity index (χ0v) is 30.3. The van der Waals surface area contributed by atoms with Crippen LogP contribution in [-0.2, 0) is 4.74 Å². The monoisotopic (exact) mass is 740 g/mol. The van der Waals surface area contributed by atoms with E-state index in [1.165, 1.54) is 47.7 Å². The number of aromatic nitrogens is 2. The Morgan fingerprint density at radius 1 is 0.804 bits per heavy atom. The minimum Gasteiger partial charge on any atom is -0.444 e. The molecule has 12 nitrogen and oxygen atoms in total. The van der Waals surface area contributed by atoms with Gasteiger partial charge in [-0.25, -0.2) is 23.5 Å². The van der Waals surface area contributed by atoms with E-state index in [1.54, 1.807) is 17.0 Å². The second kappa shape index (κ2) is 16.6. The fourth-order valence-corrected chi connectivity index (χ4v) is 7.33. The number of piperidine rings is 2. The second-order valence-corrected chi connectivity index (χ2v) is 15.2. The highest BCUT2D eigenvalue weighted by atomic mass is 32.1. The highest BCUT2D eigenvalue weighted by molar-refractivity contribution is 7.18. The van der Waals surface area contributed by atoms with Gasteiger partial charge in [-0.2, -0.15) is 0 Å². The summed E-state index contributed by atoms with van der Waals surface area (Å²) in [6.45, 7) is 8.60. The van der Waals surface area contributed by atoms with Crippen molar-refractivity contribution in [3.05, 3.63) is 81.0 Å². The van der Waals surface area contributed by atoms with Gasteiger partial charge in [-0.1, -0.05) is 46.9 Å². The summed E-state index contributed by atoms with van der Waals surface area (Å²) in [4.78, 5) is 47.9. The van der Waals surface area contributed by atoms with E-state index in [9.17, 15) is 23.2 Å². The first-order valence-electron chi connectivity index (χ1n) is 16.6. The lowest BCUT2D eigenvalue weighted by Crippen LogP contribution is -2.44. The fraction of sp³-hybridized carbons (Fsp3) is 0.400. The molecule has 4 aromatic rings. The lowest BCUT2D eigenvalue weighted by Gasteiger charge is -2.33. The van der Waals surface area contributed by atoms with Crippen LogP contribution in [-0.4, -0.2) is 76.4 Å². The molecule has 2 saturated heterocycles. The van der Waals surface area contributed by atoms with Gasteiger partial charge in [0.25, 0.3) is 0 Å². The molecule has 0 saturated carbocycles. The SMILES string of the molecule is CC(C)(C)OC(=O)N1CCC(Nc2nc(N)c(C(=O)c3cccc(F)c3)s2)CC1.Nc1nc(NC2CCNCC2)sc1C(=O)c1cccc(F)c1. The first-order valence-corrected chi connectivity index (χ1v) is 18.2. The molecule has 16 heteroatoms. The number of benzene rings is 2. The molecule has 51 heavy (non-hydrogen) atoms. The average molecular weight is 741 g/mol. The third-order valence-electron chi connectivity index (χ3n) is 8.03. The topological polar surface area (TPSA) is 178 Å². The summed E-state index contributed by atoms with van der Waals surface area (Å²) in [5.74, 6) is -1.26. The molecule has 272 valence electrons. The van der Waals surface area contributed by atoms with E-state index in [4.69, 9.17) is 16.2 Å². The van der Waals surface area contributed by atoms with Crippen LogP contribution in [0.3, 0.4) is 0 Å². The second-order valence-electron chi connectivity index (χ2n) is 13.2. The minimum absolute atomic E-state index is 0.108. The van der Waals surface area contributed by atoms with Gasteiger partial charge in [0.1, 0.15) is 38.6 Å². The lowest BCUT2D eigenvalue weighted by atomic mass is 10.1. The van der Waals surface area contributed by atoms with Gasteiger partial charge in [0.05, 0.1) is 0 Å². The Hall–Kier alpha value is -4.67. The van der Waals surface area contributed by atoms with Crippen LogP contribution >= 0.6 is 22.7 Å². The van der Waals surface area contributed by atoms with E-state index in [0.29, 0.717) is 34.3 Å². The Balaban J connectivity index is 0.000000205. The van der Waals surface area contributed by atoms with E-state index in [1.807, 2.05) is 20.8 Å². The molecular weight excluding hydrogens is 699 g/mol. The third-order valence-corrected chi connectivity index (χ3v) is 10.0. The summed E-state index contributed by atoms with van der Waals surface area (Å²) in [5, 5.41) is 11.1. The number of ketones is 2. The standard InChI is InChI=1S/C20H25FN4O3S.C15H17FN4OS/c1-20(2,3)28-19(27)25-9-7-14(8-10-25)23-18-24-17(22)16(29-18)15(26)12-5-4-6-13(21)11-12;16-10-3-1-2-9(8-10)12(21)13-14(17)20-15(22-13)19-11-4-6-18-7-5-11/h4-6,11,14H,7-10,22H2,1-3H3,(H,23,24);1-3,8,11,18H,4-7,17H2,(H,19,20). The van der Waals surface area contributed by atoms with Crippen molar-refractivity contribution in [2.24, 2.45) is 0 Å². The number of nitrogens with zero attached hydrogens (tertiary/aromatic N) is 3. The quantitative estimate of drug-likeness (QED) is 0.131. The van der Waals surface area contributed by atoms with Crippen LogP contribution in [0.15, 0.2) is 48.5 Å². The molecule has 2 aliphatic rings. The summed E-state index contributed by atoms with van der Waals surface area (Å²) in [7, 11) is 0. The number of halogens is 2. The number of nitrogens with two attached hydrogens (primary N) is 2. The molecule has 2 aliphatic heterocycles. The highest BCUT2D eigenvalue weighted by Gasteiger charge is 2.28. The highest BCUT2D eigenvalue weighted by Crippen LogP contribution is 2.30. The summed E-state index contributed by atoms with van der Waals surface area (Å²) >= 11 is 2.37. The van der Waals surface area contributed by atoms with Crippen LogP contribution in [0.4, 0.5) is 35.5 Å². The molecule has 2 aromatic carbocycles. The van der Waals surface area contributed by atoms with Crippen LogP contribution < -0.4 is 27.4 Å². The van der Waals surface area contributed by atoms with Crippen molar-refractivity contribution in [2.75, 3.05) is 48.3 Å². The Labute approximate surface area is 303 Å².